The predicted octanol–water partition coefficient (Wildman–Crippen LogP) is 1.87. The summed E-state index contributed by atoms with van der Waals surface area (Å²) in [6.07, 6.45) is -12.4. The largest absolute Gasteiger partial charge is 0.433 e. The summed E-state index contributed by atoms with van der Waals surface area (Å²) in [5, 5.41) is 13.0. The highest BCUT2D eigenvalue weighted by Gasteiger charge is 2.38. The van der Waals surface area contributed by atoms with Crippen LogP contribution in [0, 0.1) is 0 Å². The quantitative estimate of drug-likeness (QED) is 0.741. The second kappa shape index (κ2) is 5.69. The molecule has 0 aliphatic heterocycles. The Balaban J connectivity index is 2.90. The van der Waals surface area contributed by atoms with Crippen LogP contribution in [-0.4, -0.2) is 40.9 Å². The maximum absolute atomic E-state index is 12.5. The van der Waals surface area contributed by atoms with E-state index in [1.165, 1.54) is 7.05 Å². The molecule has 0 bridgehead atoms. The summed E-state index contributed by atoms with van der Waals surface area (Å²) >= 11 is 0. The van der Waals surface area contributed by atoms with E-state index in [2.05, 4.69) is 15.3 Å². The summed E-state index contributed by atoms with van der Waals surface area (Å²) in [6, 6.07) is 0.448. The average Bonchev–Trinajstić information content (AvgIpc) is 2.33. The van der Waals surface area contributed by atoms with Crippen LogP contribution in [-0.2, 0) is 6.18 Å². The minimum absolute atomic E-state index is 0.413. The maximum Gasteiger partial charge on any atom is 0.433 e. The zero-order chi connectivity index (χ0) is 15.6. The van der Waals surface area contributed by atoms with Crippen molar-refractivity contribution in [2.45, 2.75) is 18.5 Å². The van der Waals surface area contributed by atoms with E-state index in [4.69, 9.17) is 5.11 Å². The van der Waals surface area contributed by atoms with Crippen molar-refractivity contribution in [2.75, 3.05) is 24.2 Å². The number of rotatable bonds is 4. The Morgan fingerprint density at radius 1 is 1.20 bits per heavy atom. The molecule has 0 fully saturated rings. The van der Waals surface area contributed by atoms with Crippen LogP contribution in [0.2, 0.25) is 0 Å². The molecule has 5 nitrogen and oxygen atoms in total. The number of hydrogen-bond acceptors (Lipinski definition) is 5. The SMILES string of the molecule is CNc1nc(NCC(O)C(F)(F)F)cc(C(F)(F)F)n1. The van der Waals surface area contributed by atoms with Crippen LogP contribution in [0.15, 0.2) is 6.07 Å². The Hall–Kier alpha value is -1.78. The number of anilines is 2. The highest BCUT2D eigenvalue weighted by molar-refractivity contribution is 5.43. The van der Waals surface area contributed by atoms with Crippen LogP contribution in [0.3, 0.4) is 0 Å². The second-order valence-corrected chi connectivity index (χ2v) is 3.65. The predicted molar refractivity (Wildman–Crippen MR) is 57.1 cm³/mol. The van der Waals surface area contributed by atoms with Crippen molar-refractivity contribution < 1.29 is 31.4 Å². The number of hydrogen-bond donors (Lipinski definition) is 3. The van der Waals surface area contributed by atoms with Gasteiger partial charge in [0, 0.05) is 13.1 Å². The van der Waals surface area contributed by atoms with E-state index in [0.717, 1.165) is 0 Å². The van der Waals surface area contributed by atoms with Crippen molar-refractivity contribution in [2.24, 2.45) is 0 Å². The first-order chi connectivity index (χ1) is 9.04. The molecule has 1 atom stereocenters. The van der Waals surface area contributed by atoms with Gasteiger partial charge >= 0.3 is 12.4 Å². The Labute approximate surface area is 109 Å². The summed E-state index contributed by atoms with van der Waals surface area (Å²) in [4.78, 5) is 6.63. The standard InChI is InChI=1S/C9H10F6N4O/c1-16-7-18-4(8(10,11)12)2-6(19-7)17-3-5(20)9(13,14)15/h2,5,20H,3H2,1H3,(H2,16,17,18,19). The molecule has 0 spiro atoms. The maximum atomic E-state index is 12.5. The van der Waals surface area contributed by atoms with Crippen molar-refractivity contribution >= 4 is 11.8 Å². The highest BCUT2D eigenvalue weighted by Crippen LogP contribution is 2.29. The fourth-order valence-corrected chi connectivity index (χ4v) is 1.11. The number of aliphatic hydroxyl groups excluding tert-OH is 1. The third kappa shape index (κ3) is 4.40. The third-order valence-electron chi connectivity index (χ3n) is 2.09. The molecule has 3 N–H and O–H groups in total. The molecule has 1 heterocycles. The van der Waals surface area contributed by atoms with Gasteiger partial charge in [-0.15, -0.1) is 0 Å². The second-order valence-electron chi connectivity index (χ2n) is 3.65. The van der Waals surface area contributed by atoms with Gasteiger partial charge in [-0.2, -0.15) is 31.3 Å². The van der Waals surface area contributed by atoms with Crippen molar-refractivity contribution in [1.82, 2.24) is 9.97 Å². The van der Waals surface area contributed by atoms with Crippen LogP contribution >= 0.6 is 0 Å². The van der Waals surface area contributed by atoms with E-state index >= 15 is 0 Å². The van der Waals surface area contributed by atoms with E-state index < -0.39 is 42.5 Å². The minimum Gasteiger partial charge on any atom is -0.382 e. The first-order valence-electron chi connectivity index (χ1n) is 5.16. The Morgan fingerprint density at radius 3 is 2.25 bits per heavy atom. The van der Waals surface area contributed by atoms with Gasteiger partial charge in [-0.05, 0) is 0 Å². The lowest BCUT2D eigenvalue weighted by Crippen LogP contribution is -2.35. The molecule has 0 aromatic carbocycles. The molecule has 114 valence electrons. The molecule has 0 radical (unpaired) electrons. The topological polar surface area (TPSA) is 70.1 Å². The van der Waals surface area contributed by atoms with Gasteiger partial charge in [-0.1, -0.05) is 0 Å². The summed E-state index contributed by atoms with van der Waals surface area (Å²) in [5.41, 5.74) is -1.32. The number of halogens is 6. The highest BCUT2D eigenvalue weighted by atomic mass is 19.4. The van der Waals surface area contributed by atoms with E-state index in [0.29, 0.717) is 6.07 Å². The van der Waals surface area contributed by atoms with Crippen molar-refractivity contribution in [1.29, 1.82) is 0 Å². The average molecular weight is 304 g/mol. The van der Waals surface area contributed by atoms with E-state index in [9.17, 15) is 26.3 Å². The minimum atomic E-state index is -4.88. The van der Waals surface area contributed by atoms with Crippen LogP contribution in [0.25, 0.3) is 0 Å². The number of aliphatic hydroxyl groups is 1. The van der Waals surface area contributed by atoms with Gasteiger partial charge in [-0.25, -0.2) is 4.98 Å². The van der Waals surface area contributed by atoms with E-state index in [1.54, 1.807) is 0 Å². The molecule has 1 rings (SSSR count). The summed E-state index contributed by atoms with van der Waals surface area (Å²) in [7, 11) is 1.25. The number of nitrogens with one attached hydrogen (secondary N) is 2. The number of alkyl halides is 6. The molecule has 0 aliphatic rings. The first kappa shape index (κ1) is 16.3. The summed E-state index contributed by atoms with van der Waals surface area (Å²) in [5.74, 6) is -0.899. The molecular weight excluding hydrogens is 294 g/mol. The van der Waals surface area contributed by atoms with Crippen molar-refractivity contribution in [3.8, 4) is 0 Å². The van der Waals surface area contributed by atoms with Crippen LogP contribution in [0.5, 0.6) is 0 Å². The lowest BCUT2D eigenvalue weighted by Gasteiger charge is -2.16. The molecule has 11 heteroatoms. The summed E-state index contributed by atoms with van der Waals surface area (Å²) in [6.45, 7) is -1.03. The zero-order valence-electron chi connectivity index (χ0n) is 9.97. The van der Waals surface area contributed by atoms with Crippen molar-refractivity contribution in [3.63, 3.8) is 0 Å². The molecule has 1 unspecified atom stereocenters. The van der Waals surface area contributed by atoms with Gasteiger partial charge in [-0.3, -0.25) is 0 Å². The summed E-state index contributed by atoms with van der Waals surface area (Å²) < 4.78 is 73.6. The van der Waals surface area contributed by atoms with Gasteiger partial charge in [0.05, 0.1) is 6.54 Å². The lowest BCUT2D eigenvalue weighted by atomic mass is 10.3. The van der Waals surface area contributed by atoms with Crippen molar-refractivity contribution in [3.05, 3.63) is 11.8 Å². The van der Waals surface area contributed by atoms with Crippen LogP contribution < -0.4 is 10.6 Å². The van der Waals surface area contributed by atoms with Gasteiger partial charge in [0.2, 0.25) is 5.95 Å². The van der Waals surface area contributed by atoms with Crippen LogP contribution in [0.4, 0.5) is 38.1 Å². The van der Waals surface area contributed by atoms with Gasteiger partial charge in [0.15, 0.2) is 11.8 Å². The monoisotopic (exact) mass is 304 g/mol. The Kier molecular flexibility index (Phi) is 4.63. The molecule has 1 aromatic rings. The molecule has 0 saturated heterocycles. The normalized spacial score (nSPS) is 14.0. The molecule has 0 aliphatic carbocycles. The molecule has 1 aromatic heterocycles. The molecule has 20 heavy (non-hydrogen) atoms. The smallest absolute Gasteiger partial charge is 0.382 e. The third-order valence-corrected chi connectivity index (χ3v) is 2.09. The van der Waals surface area contributed by atoms with Crippen LogP contribution in [0.1, 0.15) is 5.69 Å². The Morgan fingerprint density at radius 2 is 1.80 bits per heavy atom. The fraction of sp³-hybridized carbons (Fsp3) is 0.556. The lowest BCUT2D eigenvalue weighted by molar-refractivity contribution is -0.198. The zero-order valence-corrected chi connectivity index (χ0v) is 9.97. The first-order valence-corrected chi connectivity index (χ1v) is 5.16. The van der Waals surface area contributed by atoms with E-state index in [-0.39, 0.29) is 0 Å². The van der Waals surface area contributed by atoms with Gasteiger partial charge in [0.25, 0.3) is 0 Å². The molecular formula is C9H10F6N4O. The van der Waals surface area contributed by atoms with E-state index in [1.807, 2.05) is 5.32 Å². The van der Waals surface area contributed by atoms with Gasteiger partial charge in [0.1, 0.15) is 5.82 Å². The number of aromatic nitrogens is 2. The molecule has 0 saturated carbocycles. The Bertz CT molecular complexity index is 461. The van der Waals surface area contributed by atoms with Gasteiger partial charge < -0.3 is 15.7 Å². The fourth-order valence-electron chi connectivity index (χ4n) is 1.11. The molecule has 0 amide bonds. The number of nitrogens with zero attached hydrogens (tertiary/aromatic N) is 2.